The summed E-state index contributed by atoms with van der Waals surface area (Å²) in [6.45, 7) is 0. The largest absolute Gasteiger partial charge is 0.253 e. The Morgan fingerprint density at radius 3 is 1.45 bits per heavy atom. The molecule has 4 heterocycles. The topological polar surface area (TPSA) is 51.6 Å². The molecule has 4 aromatic heterocycles. The third kappa shape index (κ3) is 4.29. The number of fused-ring (bicyclic) bond motifs is 2. The maximum Gasteiger partial charge on any atom is 0.141 e. The molecule has 0 aliphatic carbocycles. The smallest absolute Gasteiger partial charge is 0.141 e. The van der Waals surface area contributed by atoms with Gasteiger partial charge >= 0.3 is 0 Å². The standard InChI is InChI=1S/C36H22N4S2/c1-2-6-23(7-3-1)24-10-13-29-30(20-24)34(26-12-15-32(40-22-26)36-38-17-19-42-36)28-9-5-4-8-27(28)33(29)25-11-14-31(39-21-25)35-37-16-18-41-35/h1-22H. The first-order chi connectivity index (χ1) is 20.8. The Bertz CT molecular complexity index is 2150. The normalized spacial score (nSPS) is 11.3. The summed E-state index contributed by atoms with van der Waals surface area (Å²) in [5.74, 6) is 0. The second-order valence-corrected chi connectivity index (χ2v) is 11.7. The number of rotatable bonds is 5. The van der Waals surface area contributed by atoms with Crippen molar-refractivity contribution >= 4 is 44.2 Å². The molecule has 4 aromatic carbocycles. The van der Waals surface area contributed by atoms with E-state index in [2.05, 4.69) is 107 Å². The van der Waals surface area contributed by atoms with E-state index in [0.29, 0.717) is 0 Å². The van der Waals surface area contributed by atoms with E-state index < -0.39 is 0 Å². The fourth-order valence-corrected chi connectivity index (χ4v) is 6.87. The molecule has 0 aliphatic heterocycles. The van der Waals surface area contributed by atoms with Crippen molar-refractivity contribution in [3.05, 3.63) is 133 Å². The minimum absolute atomic E-state index is 0.885. The van der Waals surface area contributed by atoms with Gasteiger partial charge in [0.15, 0.2) is 0 Å². The van der Waals surface area contributed by atoms with Gasteiger partial charge in [-0.1, -0.05) is 78.9 Å². The molecule has 0 saturated heterocycles. The molecule has 42 heavy (non-hydrogen) atoms. The SMILES string of the molecule is c1ccc(-c2ccc3c(-c4ccc(-c5nccs5)nc4)c4ccccc4c(-c4ccc(-c5nccs5)nc4)c3c2)cc1. The highest BCUT2D eigenvalue weighted by molar-refractivity contribution is 7.13. The van der Waals surface area contributed by atoms with Gasteiger partial charge in [-0.05, 0) is 62.0 Å². The molecular weight excluding hydrogens is 553 g/mol. The van der Waals surface area contributed by atoms with Crippen molar-refractivity contribution < 1.29 is 0 Å². The predicted molar refractivity (Wildman–Crippen MR) is 176 cm³/mol. The molecule has 0 atom stereocenters. The van der Waals surface area contributed by atoms with Gasteiger partial charge in [0.25, 0.3) is 0 Å². The lowest BCUT2D eigenvalue weighted by Crippen LogP contribution is -1.93. The third-order valence-electron chi connectivity index (χ3n) is 7.54. The molecule has 0 amide bonds. The van der Waals surface area contributed by atoms with Gasteiger partial charge in [-0.25, -0.2) is 9.97 Å². The van der Waals surface area contributed by atoms with Crippen LogP contribution in [0.4, 0.5) is 0 Å². The highest BCUT2D eigenvalue weighted by Crippen LogP contribution is 2.45. The number of hydrogen-bond donors (Lipinski definition) is 0. The Hall–Kier alpha value is -5.04. The average molecular weight is 575 g/mol. The molecule has 6 heteroatoms. The van der Waals surface area contributed by atoms with E-state index in [1.807, 2.05) is 35.5 Å². The van der Waals surface area contributed by atoms with E-state index in [0.717, 1.165) is 32.5 Å². The van der Waals surface area contributed by atoms with Crippen LogP contribution in [0.1, 0.15) is 0 Å². The summed E-state index contributed by atoms with van der Waals surface area (Å²) < 4.78 is 0. The Morgan fingerprint density at radius 1 is 0.405 bits per heavy atom. The fourth-order valence-electron chi connectivity index (χ4n) is 5.65. The molecule has 0 radical (unpaired) electrons. The van der Waals surface area contributed by atoms with Gasteiger partial charge in [-0.2, -0.15) is 0 Å². The van der Waals surface area contributed by atoms with Gasteiger partial charge in [0.2, 0.25) is 0 Å². The van der Waals surface area contributed by atoms with Gasteiger partial charge in [0.1, 0.15) is 10.0 Å². The predicted octanol–water partition coefficient (Wildman–Crippen LogP) is 10.0. The summed E-state index contributed by atoms with van der Waals surface area (Å²) in [6, 6.07) is 34.5. The van der Waals surface area contributed by atoms with Crippen LogP contribution in [0.15, 0.2) is 133 Å². The molecule has 0 spiro atoms. The highest BCUT2D eigenvalue weighted by Gasteiger charge is 2.18. The monoisotopic (exact) mass is 574 g/mol. The second kappa shape index (κ2) is 10.4. The van der Waals surface area contributed by atoms with Crippen molar-refractivity contribution in [3.8, 4) is 54.8 Å². The molecule has 0 fully saturated rings. The summed E-state index contributed by atoms with van der Waals surface area (Å²) in [6.07, 6.45) is 7.60. The molecule has 198 valence electrons. The molecule has 0 unspecified atom stereocenters. The number of nitrogens with zero attached hydrogens (tertiary/aromatic N) is 4. The first kappa shape index (κ1) is 24.7. The number of aromatic nitrogens is 4. The molecule has 8 rings (SSSR count). The highest BCUT2D eigenvalue weighted by atomic mass is 32.1. The molecule has 4 nitrogen and oxygen atoms in total. The Balaban J connectivity index is 1.40. The number of hydrogen-bond acceptors (Lipinski definition) is 6. The maximum absolute atomic E-state index is 4.84. The average Bonchev–Trinajstić information content (AvgIpc) is 3.80. The van der Waals surface area contributed by atoms with Gasteiger partial charge in [0, 0.05) is 46.7 Å². The maximum atomic E-state index is 4.84. The van der Waals surface area contributed by atoms with E-state index in [-0.39, 0.29) is 0 Å². The van der Waals surface area contributed by atoms with Gasteiger partial charge in [0.05, 0.1) is 11.4 Å². The van der Waals surface area contributed by atoms with Crippen LogP contribution in [0.3, 0.4) is 0 Å². The van der Waals surface area contributed by atoms with Crippen LogP contribution in [0.25, 0.3) is 76.3 Å². The van der Waals surface area contributed by atoms with Crippen molar-refractivity contribution in [2.75, 3.05) is 0 Å². The lowest BCUT2D eigenvalue weighted by molar-refractivity contribution is 1.29. The zero-order valence-corrected chi connectivity index (χ0v) is 23.9. The van der Waals surface area contributed by atoms with Crippen LogP contribution < -0.4 is 0 Å². The van der Waals surface area contributed by atoms with Crippen molar-refractivity contribution in [2.24, 2.45) is 0 Å². The van der Waals surface area contributed by atoms with Crippen LogP contribution in [0.2, 0.25) is 0 Å². The Labute approximate surface area is 250 Å². The second-order valence-electron chi connectivity index (χ2n) is 9.96. The molecule has 0 saturated carbocycles. The zero-order valence-electron chi connectivity index (χ0n) is 22.3. The van der Waals surface area contributed by atoms with E-state index in [1.54, 1.807) is 22.7 Å². The van der Waals surface area contributed by atoms with Crippen LogP contribution in [0, 0.1) is 0 Å². The third-order valence-corrected chi connectivity index (χ3v) is 9.13. The van der Waals surface area contributed by atoms with Crippen LogP contribution in [0.5, 0.6) is 0 Å². The quantitative estimate of drug-likeness (QED) is 0.192. The summed E-state index contributed by atoms with van der Waals surface area (Å²) in [4.78, 5) is 18.6. The first-order valence-electron chi connectivity index (χ1n) is 13.6. The molecule has 0 N–H and O–H groups in total. The minimum Gasteiger partial charge on any atom is -0.253 e. The zero-order chi connectivity index (χ0) is 27.9. The van der Waals surface area contributed by atoms with Gasteiger partial charge in [-0.15, -0.1) is 22.7 Å². The van der Waals surface area contributed by atoms with Crippen molar-refractivity contribution in [2.45, 2.75) is 0 Å². The van der Waals surface area contributed by atoms with E-state index in [1.165, 1.54) is 43.8 Å². The van der Waals surface area contributed by atoms with Crippen molar-refractivity contribution in [3.63, 3.8) is 0 Å². The van der Waals surface area contributed by atoms with Crippen molar-refractivity contribution in [1.82, 2.24) is 19.9 Å². The number of thiazole rings is 2. The lowest BCUT2D eigenvalue weighted by atomic mass is 9.85. The summed E-state index contributed by atoms with van der Waals surface area (Å²) in [5.41, 5.74) is 8.63. The van der Waals surface area contributed by atoms with Crippen LogP contribution in [-0.2, 0) is 0 Å². The summed E-state index contributed by atoms with van der Waals surface area (Å²) in [5, 5.41) is 10.5. The summed E-state index contributed by atoms with van der Waals surface area (Å²) in [7, 11) is 0. The molecular formula is C36H22N4S2. The molecule has 0 bridgehead atoms. The van der Waals surface area contributed by atoms with Crippen LogP contribution in [-0.4, -0.2) is 19.9 Å². The fraction of sp³-hybridized carbons (Fsp3) is 0. The van der Waals surface area contributed by atoms with Gasteiger partial charge in [-0.3, -0.25) is 9.97 Å². The van der Waals surface area contributed by atoms with E-state index in [9.17, 15) is 0 Å². The number of benzene rings is 4. The van der Waals surface area contributed by atoms with Gasteiger partial charge < -0.3 is 0 Å². The van der Waals surface area contributed by atoms with Crippen molar-refractivity contribution in [1.29, 1.82) is 0 Å². The molecule has 8 aromatic rings. The van der Waals surface area contributed by atoms with Crippen LogP contribution >= 0.6 is 22.7 Å². The Kier molecular flexibility index (Phi) is 6.13. The minimum atomic E-state index is 0.885. The van der Waals surface area contributed by atoms with E-state index in [4.69, 9.17) is 9.97 Å². The number of pyridine rings is 2. The Morgan fingerprint density at radius 2 is 0.929 bits per heavy atom. The first-order valence-corrected chi connectivity index (χ1v) is 15.4. The summed E-state index contributed by atoms with van der Waals surface area (Å²) >= 11 is 3.20. The lowest BCUT2D eigenvalue weighted by Gasteiger charge is -2.18. The van der Waals surface area contributed by atoms with E-state index >= 15 is 0 Å². The molecule has 0 aliphatic rings.